The molecule has 0 aliphatic carbocycles. The first-order chi connectivity index (χ1) is 59.9. The van der Waals surface area contributed by atoms with Crippen LogP contribution in [0.3, 0.4) is 0 Å². The van der Waals surface area contributed by atoms with Gasteiger partial charge >= 0.3 is 0 Å². The Morgan fingerprint density at radius 2 is 0.447 bits per heavy atom. The van der Waals surface area contributed by atoms with E-state index in [1.807, 2.05) is 24.3 Å². The molecule has 0 saturated heterocycles. The van der Waals surface area contributed by atoms with Crippen molar-refractivity contribution in [2.75, 3.05) is 4.90 Å². The van der Waals surface area contributed by atoms with Gasteiger partial charge in [0, 0.05) is 110 Å². The summed E-state index contributed by atoms with van der Waals surface area (Å²) in [5, 5.41) is 5.05. The summed E-state index contributed by atoms with van der Waals surface area (Å²) >= 11 is 3.46. The lowest BCUT2D eigenvalue weighted by Gasteiger charge is -2.35. The van der Waals surface area contributed by atoms with Crippen molar-refractivity contribution in [3.05, 3.63) is 460 Å². The third-order valence-electron chi connectivity index (χ3n) is 25.8. The summed E-state index contributed by atoms with van der Waals surface area (Å²) in [4.78, 5) is 2.34. The van der Waals surface area contributed by atoms with E-state index < -0.39 is 0 Å². The quantitative estimate of drug-likeness (QED) is 0.129. The molecule has 5 nitrogen and oxygen atoms in total. The zero-order chi connectivity index (χ0) is 83.7. The van der Waals surface area contributed by atoms with E-state index in [9.17, 15) is 0 Å². The highest BCUT2D eigenvalue weighted by atomic mass is 79.9. The first-order valence-electron chi connectivity index (χ1n) is 42.5. The Labute approximate surface area is 729 Å². The number of fused-ring (bicyclic) bond motifs is 10. The standard InChI is InChI=1S/C58H45NO2.C43H36O2.C16H11Br/c1-57(2)49-17-7-9-21-53(49)60-55-47(15-11-19-51(55)57)40-27-33-45(34-28-40)59(44-31-25-39(26-32-44)43-24-23-38-13-5-6-14-42(38)37-43)46-35-29-41(30-36-46)48-16-12-20-52-56(48)61-54-22-10-8-18-50(54)58(52,3)4;1-42(2)34-13-5-7-17-38(34)44-40-32(11-9-15-36(40)42)30-23-19-28(20-24-30)27-29-21-25-31(26-22-29)33-12-10-16-37-41(33)45-39-18-8-6-14-35(39)43(37,3)4;17-16-9-7-13(8-10-16)15-6-5-12-3-1-2-4-14(12)11-15/h5-37H,1-4H3;5-26H,27H2,1-4H3;1-11H. The summed E-state index contributed by atoms with van der Waals surface area (Å²) < 4.78 is 27.5. The Bertz CT molecular complexity index is 6760. The largest absolute Gasteiger partial charge is 0.456 e. The van der Waals surface area contributed by atoms with E-state index in [4.69, 9.17) is 18.9 Å². The van der Waals surface area contributed by atoms with Gasteiger partial charge in [0.2, 0.25) is 0 Å². The van der Waals surface area contributed by atoms with Crippen LogP contribution in [0.15, 0.2) is 405 Å². The minimum atomic E-state index is -0.187. The van der Waals surface area contributed by atoms with Crippen LogP contribution in [0.25, 0.3) is 88.3 Å². The van der Waals surface area contributed by atoms with Crippen LogP contribution < -0.4 is 23.8 Å². The van der Waals surface area contributed by atoms with Crippen LogP contribution in [0.1, 0.15) is 111 Å². The van der Waals surface area contributed by atoms with E-state index in [0.717, 1.165) is 107 Å². The van der Waals surface area contributed by atoms with Crippen LogP contribution in [-0.2, 0) is 28.1 Å². The fourth-order valence-electron chi connectivity index (χ4n) is 18.8. The number of anilines is 3. The maximum Gasteiger partial charge on any atom is 0.139 e. The van der Waals surface area contributed by atoms with Crippen molar-refractivity contribution < 1.29 is 18.9 Å². The second-order valence-electron chi connectivity index (χ2n) is 34.8. The van der Waals surface area contributed by atoms with Crippen LogP contribution in [-0.4, -0.2) is 0 Å². The predicted octanol–water partition coefficient (Wildman–Crippen LogP) is 32.9. The van der Waals surface area contributed by atoms with Gasteiger partial charge in [-0.05, 0) is 169 Å². The second kappa shape index (κ2) is 31.5. The van der Waals surface area contributed by atoms with Crippen LogP contribution in [0.4, 0.5) is 17.1 Å². The molecule has 0 atom stereocenters. The molecule has 4 aliphatic heterocycles. The molecule has 0 fully saturated rings. The lowest BCUT2D eigenvalue weighted by atomic mass is 9.75. The Morgan fingerprint density at radius 1 is 0.211 bits per heavy atom. The lowest BCUT2D eigenvalue weighted by molar-refractivity contribution is 0.419. The smallest absolute Gasteiger partial charge is 0.139 e. The van der Waals surface area contributed by atoms with Crippen molar-refractivity contribution >= 4 is 54.5 Å². The van der Waals surface area contributed by atoms with Crippen molar-refractivity contribution in [1.29, 1.82) is 0 Å². The number of ether oxygens (including phenoxy) is 4. The minimum Gasteiger partial charge on any atom is -0.456 e. The third kappa shape index (κ3) is 14.4. The number of rotatable bonds is 11. The molecule has 596 valence electrons. The highest BCUT2D eigenvalue weighted by Gasteiger charge is 2.40. The molecule has 0 bridgehead atoms. The fourth-order valence-corrected chi connectivity index (χ4v) is 19.1. The molecule has 0 amide bonds. The highest BCUT2D eigenvalue weighted by Crippen LogP contribution is 2.57. The van der Waals surface area contributed by atoms with Gasteiger partial charge < -0.3 is 23.8 Å². The summed E-state index contributed by atoms with van der Waals surface area (Å²) in [6.07, 6.45) is 0.869. The average Bonchev–Trinajstić information content (AvgIpc) is 0.754. The maximum atomic E-state index is 6.68. The predicted molar refractivity (Wildman–Crippen MR) is 513 cm³/mol. The van der Waals surface area contributed by atoms with E-state index in [-0.39, 0.29) is 21.7 Å². The normalized spacial score (nSPS) is 14.0. The maximum absolute atomic E-state index is 6.68. The molecule has 0 saturated carbocycles. The van der Waals surface area contributed by atoms with Gasteiger partial charge in [-0.15, -0.1) is 0 Å². The molecular weight excluding hydrogens is 1560 g/mol. The molecule has 0 aromatic heterocycles. The zero-order valence-electron chi connectivity index (χ0n) is 70.3. The lowest BCUT2D eigenvalue weighted by Crippen LogP contribution is -2.24. The van der Waals surface area contributed by atoms with Gasteiger partial charge in [0.25, 0.3) is 0 Å². The van der Waals surface area contributed by atoms with Crippen LogP contribution in [0.2, 0.25) is 0 Å². The number of hydrogen-bond donors (Lipinski definition) is 0. The van der Waals surface area contributed by atoms with Gasteiger partial charge in [0.05, 0.1) is 0 Å². The first-order valence-corrected chi connectivity index (χ1v) is 43.3. The molecule has 18 aromatic carbocycles. The molecule has 18 aromatic rings. The molecule has 0 N–H and O–H groups in total. The van der Waals surface area contributed by atoms with Gasteiger partial charge in [0.15, 0.2) is 0 Å². The van der Waals surface area contributed by atoms with Crippen molar-refractivity contribution in [3.63, 3.8) is 0 Å². The topological polar surface area (TPSA) is 40.2 Å². The summed E-state index contributed by atoms with van der Waals surface area (Å²) in [5.74, 6) is 7.50. The second-order valence-corrected chi connectivity index (χ2v) is 35.7. The Balaban J connectivity index is 0.000000135. The summed E-state index contributed by atoms with van der Waals surface area (Å²) in [5.41, 5.74) is 28.7. The van der Waals surface area contributed by atoms with Gasteiger partial charge in [-0.2, -0.15) is 0 Å². The summed E-state index contributed by atoms with van der Waals surface area (Å²) in [7, 11) is 0. The number of hydrogen-bond acceptors (Lipinski definition) is 5. The molecule has 22 rings (SSSR count). The van der Waals surface area contributed by atoms with Gasteiger partial charge in [-0.1, -0.05) is 387 Å². The van der Waals surface area contributed by atoms with Crippen LogP contribution in [0, 0.1) is 0 Å². The monoisotopic (exact) mass is 1650 g/mol. The molecule has 0 unspecified atom stereocenters. The van der Waals surface area contributed by atoms with Crippen molar-refractivity contribution in [3.8, 4) is 113 Å². The summed E-state index contributed by atoms with van der Waals surface area (Å²) in [6, 6.07) is 143. The molecule has 6 heteroatoms. The van der Waals surface area contributed by atoms with Gasteiger partial charge in [0.1, 0.15) is 46.0 Å². The fraction of sp³-hybridized carbons (Fsp3) is 0.111. The Hall–Kier alpha value is -14.0. The van der Waals surface area contributed by atoms with Crippen molar-refractivity contribution in [1.82, 2.24) is 0 Å². The van der Waals surface area contributed by atoms with E-state index >= 15 is 0 Å². The van der Waals surface area contributed by atoms with E-state index in [0.29, 0.717) is 0 Å². The molecule has 4 heterocycles. The average molecular weight is 1660 g/mol. The first kappa shape index (κ1) is 77.6. The molecule has 0 spiro atoms. The molecule has 0 radical (unpaired) electrons. The minimum absolute atomic E-state index is 0.127. The number of benzene rings is 18. The van der Waals surface area contributed by atoms with E-state index in [1.54, 1.807) is 0 Å². The number of halogens is 1. The number of nitrogens with zero attached hydrogens (tertiary/aromatic N) is 1. The molecular formula is C117H92BrNO4. The zero-order valence-corrected chi connectivity index (χ0v) is 71.9. The van der Waals surface area contributed by atoms with Crippen molar-refractivity contribution in [2.45, 2.75) is 83.5 Å². The van der Waals surface area contributed by atoms with Gasteiger partial charge in [-0.25, -0.2) is 0 Å². The Morgan fingerprint density at radius 3 is 0.748 bits per heavy atom. The number of para-hydroxylation sites is 8. The Kier molecular flexibility index (Phi) is 19.9. The molecule has 123 heavy (non-hydrogen) atoms. The summed E-state index contributed by atoms with van der Waals surface area (Å²) in [6.45, 7) is 18.3. The van der Waals surface area contributed by atoms with E-state index in [2.05, 4.69) is 452 Å². The van der Waals surface area contributed by atoms with Crippen LogP contribution >= 0.6 is 15.9 Å². The van der Waals surface area contributed by atoms with Crippen molar-refractivity contribution in [2.24, 2.45) is 0 Å². The van der Waals surface area contributed by atoms with Gasteiger partial charge in [-0.3, -0.25) is 0 Å². The van der Waals surface area contributed by atoms with Crippen LogP contribution in [0.5, 0.6) is 46.0 Å². The van der Waals surface area contributed by atoms with E-state index in [1.165, 1.54) is 111 Å². The third-order valence-corrected chi connectivity index (χ3v) is 26.3. The molecule has 4 aliphatic rings. The SMILES string of the molecule is Brc1ccc(-c2ccc3ccccc3c2)cc1.CC1(C)c2ccccc2Oc2c(-c3ccc(Cc4ccc(-c5cccc6c5Oc5ccccc5C6(C)C)cc4)cc3)cccc21.CC1(C)c2ccccc2Oc2c(-c3ccc(N(c4ccc(-c5ccc6ccccc6c5)cc4)c4ccc(-c5cccc6c5Oc5ccccc5C6(C)C)cc4)cc3)cccc21. The highest BCUT2D eigenvalue weighted by molar-refractivity contribution is 9.10.